The number of hydrogen-bond acceptors (Lipinski definition) is 6. The zero-order valence-electron chi connectivity index (χ0n) is 19.4. The van der Waals surface area contributed by atoms with E-state index >= 15 is 0 Å². The van der Waals surface area contributed by atoms with Gasteiger partial charge in [-0.05, 0) is 55.7 Å². The summed E-state index contributed by atoms with van der Waals surface area (Å²) in [6.45, 7) is 8.14. The summed E-state index contributed by atoms with van der Waals surface area (Å²) in [5.74, 6) is 1.63. The maximum atomic E-state index is 13.7. The van der Waals surface area contributed by atoms with Crippen LogP contribution in [0.25, 0.3) is 11.7 Å². The summed E-state index contributed by atoms with van der Waals surface area (Å²) in [5, 5.41) is 0. The average Bonchev–Trinajstić information content (AvgIpc) is 3.37. The monoisotopic (exact) mass is 482 g/mol. The number of anilines is 1. The van der Waals surface area contributed by atoms with Crippen molar-refractivity contribution < 1.29 is 4.79 Å². The number of amides is 1. The molecule has 2 saturated heterocycles. The van der Waals surface area contributed by atoms with E-state index in [4.69, 9.17) is 17.2 Å². The van der Waals surface area contributed by atoms with E-state index in [0.29, 0.717) is 38.1 Å². The van der Waals surface area contributed by atoms with E-state index in [2.05, 4.69) is 18.7 Å². The molecule has 1 aliphatic carbocycles. The van der Waals surface area contributed by atoms with Gasteiger partial charge in [-0.1, -0.05) is 56.7 Å². The summed E-state index contributed by atoms with van der Waals surface area (Å²) >= 11 is 6.89. The van der Waals surface area contributed by atoms with Gasteiger partial charge >= 0.3 is 0 Å². The van der Waals surface area contributed by atoms with Crippen LogP contribution in [0.1, 0.15) is 57.1 Å². The van der Waals surface area contributed by atoms with Crippen LogP contribution in [0.15, 0.2) is 28.0 Å². The van der Waals surface area contributed by atoms with Gasteiger partial charge in [0, 0.05) is 25.3 Å². The van der Waals surface area contributed by atoms with Gasteiger partial charge in [-0.25, -0.2) is 4.98 Å². The number of rotatable bonds is 3. The normalized spacial score (nSPS) is 25.7. The Kier molecular flexibility index (Phi) is 6.07. The lowest BCUT2D eigenvalue weighted by Gasteiger charge is -2.36. The van der Waals surface area contributed by atoms with Crippen LogP contribution >= 0.6 is 24.0 Å². The minimum atomic E-state index is -0.143. The van der Waals surface area contributed by atoms with E-state index < -0.39 is 0 Å². The van der Waals surface area contributed by atoms with Crippen LogP contribution in [0.2, 0.25) is 0 Å². The minimum absolute atomic E-state index is 0.0723. The summed E-state index contributed by atoms with van der Waals surface area (Å²) in [6, 6.07) is 4.05. The number of aromatic nitrogens is 2. The maximum absolute atomic E-state index is 13.7. The molecule has 0 N–H and O–H groups in total. The molecule has 4 heterocycles. The van der Waals surface area contributed by atoms with Crippen LogP contribution in [-0.4, -0.2) is 43.6 Å². The summed E-state index contributed by atoms with van der Waals surface area (Å²) in [6.07, 6.45) is 8.98. The molecular weight excluding hydrogens is 452 g/mol. The van der Waals surface area contributed by atoms with Crippen molar-refractivity contribution in [2.24, 2.45) is 11.8 Å². The number of pyridine rings is 1. The largest absolute Gasteiger partial charge is 0.355 e. The fourth-order valence-electron chi connectivity index (χ4n) is 5.54. The third kappa shape index (κ3) is 4.23. The van der Waals surface area contributed by atoms with Crippen LogP contribution in [0.4, 0.5) is 5.82 Å². The Labute approximate surface area is 204 Å². The van der Waals surface area contributed by atoms with Crippen molar-refractivity contribution >= 4 is 51.7 Å². The Hall–Kier alpha value is -2.19. The van der Waals surface area contributed by atoms with E-state index in [1.807, 2.05) is 25.3 Å². The summed E-state index contributed by atoms with van der Waals surface area (Å²) in [4.78, 5) is 36.5. The standard InChI is InChI=1S/C25H30N4O2S2/c1-15-8-9-21-26-22(27-12-16(2)10-17(3)13-27)19(23(30)28(21)14-15)11-20-24(31)29(25(32)33-20)18-6-4-5-7-18/h8-9,11,14,16-18H,4-7,10,12-13H2,1-3H3/b20-11-/t16-,17-/m0/s1. The van der Waals surface area contributed by atoms with Gasteiger partial charge in [0.25, 0.3) is 11.5 Å². The number of piperidine rings is 1. The topological polar surface area (TPSA) is 57.9 Å². The van der Waals surface area contributed by atoms with Gasteiger partial charge in [-0.3, -0.25) is 18.9 Å². The molecule has 2 aromatic heterocycles. The number of carbonyl (C=O) groups is 1. The third-order valence-corrected chi connectivity index (χ3v) is 8.27. The first-order valence-corrected chi connectivity index (χ1v) is 13.1. The zero-order chi connectivity index (χ0) is 23.3. The highest BCUT2D eigenvalue weighted by molar-refractivity contribution is 8.26. The SMILES string of the molecule is Cc1ccc2nc(N3C[C@@H](C)C[C@H](C)C3)c(/C=C3\SC(=S)N(C4CCCC4)C3=O)c(=O)n2c1. The second-order valence-electron chi connectivity index (χ2n) is 9.93. The van der Waals surface area contributed by atoms with Crippen molar-refractivity contribution in [3.8, 4) is 0 Å². The molecule has 0 unspecified atom stereocenters. The first-order chi connectivity index (χ1) is 15.8. The van der Waals surface area contributed by atoms with Crippen LogP contribution < -0.4 is 10.5 Å². The number of thiocarbonyl (C=S) groups is 1. The van der Waals surface area contributed by atoms with E-state index in [1.165, 1.54) is 11.8 Å². The molecule has 174 valence electrons. The highest BCUT2D eigenvalue weighted by atomic mass is 32.2. The first-order valence-electron chi connectivity index (χ1n) is 11.9. The van der Waals surface area contributed by atoms with Crippen LogP contribution in [0.5, 0.6) is 0 Å². The Morgan fingerprint density at radius 1 is 1.12 bits per heavy atom. The molecule has 2 aliphatic heterocycles. The molecule has 3 aliphatic rings. The lowest BCUT2D eigenvalue weighted by Crippen LogP contribution is -2.40. The van der Waals surface area contributed by atoms with Gasteiger partial charge in [-0.2, -0.15) is 0 Å². The molecule has 6 nitrogen and oxygen atoms in total. The third-order valence-electron chi connectivity index (χ3n) is 6.94. The lowest BCUT2D eigenvalue weighted by atomic mass is 9.91. The van der Waals surface area contributed by atoms with Crippen molar-refractivity contribution in [3.63, 3.8) is 0 Å². The summed E-state index contributed by atoms with van der Waals surface area (Å²) in [7, 11) is 0. The molecule has 1 saturated carbocycles. The van der Waals surface area contributed by atoms with Gasteiger partial charge in [0.2, 0.25) is 0 Å². The Morgan fingerprint density at radius 3 is 2.52 bits per heavy atom. The van der Waals surface area contributed by atoms with Crippen LogP contribution in [-0.2, 0) is 4.79 Å². The zero-order valence-corrected chi connectivity index (χ0v) is 21.0. The van der Waals surface area contributed by atoms with Gasteiger partial charge in [0.05, 0.1) is 10.5 Å². The molecule has 33 heavy (non-hydrogen) atoms. The molecule has 0 aromatic carbocycles. The summed E-state index contributed by atoms with van der Waals surface area (Å²) in [5.41, 5.74) is 1.95. The highest BCUT2D eigenvalue weighted by Gasteiger charge is 2.38. The number of hydrogen-bond donors (Lipinski definition) is 0. The molecule has 0 bridgehead atoms. The lowest BCUT2D eigenvalue weighted by molar-refractivity contribution is -0.123. The Bertz CT molecular complexity index is 1200. The fourth-order valence-corrected chi connectivity index (χ4v) is 6.92. The van der Waals surface area contributed by atoms with Crippen molar-refractivity contribution in [2.45, 2.75) is 58.9 Å². The van der Waals surface area contributed by atoms with E-state index in [1.54, 1.807) is 15.4 Å². The van der Waals surface area contributed by atoms with Crippen molar-refractivity contribution in [3.05, 3.63) is 44.7 Å². The van der Waals surface area contributed by atoms with E-state index in [-0.39, 0.29) is 17.5 Å². The number of fused-ring (bicyclic) bond motifs is 1. The van der Waals surface area contributed by atoms with Gasteiger partial charge in [-0.15, -0.1) is 0 Å². The second kappa shape index (κ2) is 8.87. The molecule has 2 aromatic rings. The Morgan fingerprint density at radius 2 is 1.82 bits per heavy atom. The van der Waals surface area contributed by atoms with E-state index in [9.17, 15) is 9.59 Å². The number of nitrogens with zero attached hydrogens (tertiary/aromatic N) is 4. The molecule has 0 radical (unpaired) electrons. The smallest absolute Gasteiger partial charge is 0.267 e. The molecule has 0 spiro atoms. The van der Waals surface area contributed by atoms with Crippen molar-refractivity contribution in [1.82, 2.24) is 14.3 Å². The first kappa shape index (κ1) is 22.6. The highest BCUT2D eigenvalue weighted by Crippen LogP contribution is 2.38. The number of thioether (sulfide) groups is 1. The van der Waals surface area contributed by atoms with Gasteiger partial charge in [0.15, 0.2) is 0 Å². The number of carbonyl (C=O) groups excluding carboxylic acids is 1. The van der Waals surface area contributed by atoms with Crippen LogP contribution in [0.3, 0.4) is 0 Å². The van der Waals surface area contributed by atoms with E-state index in [0.717, 1.165) is 50.8 Å². The molecule has 5 rings (SSSR count). The van der Waals surface area contributed by atoms with Crippen LogP contribution in [0, 0.1) is 18.8 Å². The molecule has 1 amide bonds. The predicted octanol–water partition coefficient (Wildman–Crippen LogP) is 4.63. The predicted molar refractivity (Wildman–Crippen MR) is 139 cm³/mol. The summed E-state index contributed by atoms with van der Waals surface area (Å²) < 4.78 is 2.20. The van der Waals surface area contributed by atoms with Crippen molar-refractivity contribution in [1.29, 1.82) is 0 Å². The molecule has 3 fully saturated rings. The fraction of sp³-hybridized carbons (Fsp3) is 0.520. The molecular formula is C25H30N4O2S2. The second-order valence-corrected chi connectivity index (χ2v) is 11.6. The van der Waals surface area contributed by atoms with Gasteiger partial charge < -0.3 is 4.90 Å². The Balaban J connectivity index is 1.63. The van der Waals surface area contributed by atoms with Crippen molar-refractivity contribution in [2.75, 3.05) is 18.0 Å². The van der Waals surface area contributed by atoms with Gasteiger partial charge in [0.1, 0.15) is 15.8 Å². The molecule has 8 heteroatoms. The quantitative estimate of drug-likeness (QED) is 0.470. The number of aryl methyl sites for hydroxylation is 1. The molecule has 2 atom stereocenters. The minimum Gasteiger partial charge on any atom is -0.355 e. The maximum Gasteiger partial charge on any atom is 0.267 e. The average molecular weight is 483 g/mol.